The summed E-state index contributed by atoms with van der Waals surface area (Å²) in [5.41, 5.74) is 1.31. The lowest BCUT2D eigenvalue weighted by Crippen LogP contribution is -2.57. The van der Waals surface area contributed by atoms with Gasteiger partial charge >= 0.3 is 0 Å². The van der Waals surface area contributed by atoms with Crippen LogP contribution in [0.5, 0.6) is 11.5 Å². The van der Waals surface area contributed by atoms with E-state index >= 15 is 0 Å². The number of aliphatic hydroxyl groups excluding tert-OH is 1. The van der Waals surface area contributed by atoms with Crippen LogP contribution in [0.2, 0.25) is 0 Å². The molecule has 138 valence electrons. The van der Waals surface area contributed by atoms with Crippen LogP contribution in [0, 0.1) is 5.92 Å². The summed E-state index contributed by atoms with van der Waals surface area (Å²) < 4.78 is 10.9. The molecule has 5 nitrogen and oxygen atoms in total. The number of nitrogens with zero attached hydrogens (tertiary/aromatic N) is 2. The SMILES string of the molecule is CC(Cc1ccc2c(c1)OCO2)CN1CC2CCCN2C[C@@H]1CCO. The van der Waals surface area contributed by atoms with E-state index in [1.165, 1.54) is 24.9 Å². The molecule has 3 atom stereocenters. The fourth-order valence-electron chi connectivity index (χ4n) is 4.73. The number of rotatable bonds is 6. The predicted molar refractivity (Wildman–Crippen MR) is 97.1 cm³/mol. The number of fused-ring (bicyclic) bond motifs is 2. The zero-order valence-electron chi connectivity index (χ0n) is 15.2. The van der Waals surface area contributed by atoms with Crippen LogP contribution in [-0.2, 0) is 6.42 Å². The van der Waals surface area contributed by atoms with Gasteiger partial charge in [0.05, 0.1) is 0 Å². The minimum absolute atomic E-state index is 0.288. The fourth-order valence-corrected chi connectivity index (χ4v) is 4.73. The normalized spacial score (nSPS) is 27.4. The largest absolute Gasteiger partial charge is 0.454 e. The van der Waals surface area contributed by atoms with E-state index in [9.17, 15) is 5.11 Å². The highest BCUT2D eigenvalue weighted by Gasteiger charge is 2.36. The summed E-state index contributed by atoms with van der Waals surface area (Å²) >= 11 is 0. The van der Waals surface area contributed by atoms with E-state index in [-0.39, 0.29) is 6.61 Å². The van der Waals surface area contributed by atoms with Crippen LogP contribution in [0.1, 0.15) is 31.7 Å². The molecule has 1 N–H and O–H groups in total. The number of benzene rings is 1. The monoisotopic (exact) mass is 346 g/mol. The van der Waals surface area contributed by atoms with Gasteiger partial charge in [-0.15, -0.1) is 0 Å². The van der Waals surface area contributed by atoms with Gasteiger partial charge in [-0.3, -0.25) is 9.80 Å². The van der Waals surface area contributed by atoms with Gasteiger partial charge in [-0.25, -0.2) is 0 Å². The molecule has 3 aliphatic rings. The Labute approximate surface area is 150 Å². The first-order valence-electron chi connectivity index (χ1n) is 9.70. The second-order valence-electron chi connectivity index (χ2n) is 7.91. The van der Waals surface area contributed by atoms with Crippen LogP contribution < -0.4 is 9.47 Å². The van der Waals surface area contributed by atoms with Gasteiger partial charge in [0.2, 0.25) is 6.79 Å². The Morgan fingerprint density at radius 3 is 3.00 bits per heavy atom. The van der Waals surface area contributed by atoms with Gasteiger partial charge in [-0.1, -0.05) is 13.0 Å². The van der Waals surface area contributed by atoms with Gasteiger partial charge in [-0.05, 0) is 55.8 Å². The van der Waals surface area contributed by atoms with E-state index < -0.39 is 0 Å². The molecule has 0 spiro atoms. The molecule has 0 aliphatic carbocycles. The van der Waals surface area contributed by atoms with E-state index in [0.717, 1.165) is 50.0 Å². The van der Waals surface area contributed by atoms with E-state index in [1.807, 2.05) is 6.07 Å². The van der Waals surface area contributed by atoms with Gasteiger partial charge in [0.25, 0.3) is 0 Å². The number of aliphatic hydroxyl groups is 1. The molecule has 5 heteroatoms. The third-order valence-electron chi connectivity index (χ3n) is 5.94. The summed E-state index contributed by atoms with van der Waals surface area (Å²) in [5, 5.41) is 9.46. The first-order chi connectivity index (χ1) is 12.2. The minimum atomic E-state index is 0.288. The van der Waals surface area contributed by atoms with Crippen molar-refractivity contribution in [3.05, 3.63) is 23.8 Å². The Morgan fingerprint density at radius 1 is 1.24 bits per heavy atom. The molecule has 0 aromatic heterocycles. The summed E-state index contributed by atoms with van der Waals surface area (Å²) in [5.74, 6) is 2.31. The van der Waals surface area contributed by atoms with Crippen molar-refractivity contribution in [2.24, 2.45) is 5.92 Å². The Morgan fingerprint density at radius 2 is 2.12 bits per heavy atom. The number of hydrogen-bond acceptors (Lipinski definition) is 5. The van der Waals surface area contributed by atoms with Crippen LogP contribution in [0.15, 0.2) is 18.2 Å². The quantitative estimate of drug-likeness (QED) is 0.855. The van der Waals surface area contributed by atoms with Crippen molar-refractivity contribution in [1.29, 1.82) is 0 Å². The third kappa shape index (κ3) is 3.78. The highest BCUT2D eigenvalue weighted by molar-refractivity contribution is 5.44. The lowest BCUT2D eigenvalue weighted by Gasteiger charge is -2.44. The van der Waals surface area contributed by atoms with E-state index in [0.29, 0.717) is 18.8 Å². The first kappa shape index (κ1) is 17.1. The summed E-state index contributed by atoms with van der Waals surface area (Å²) in [6.45, 7) is 7.59. The summed E-state index contributed by atoms with van der Waals surface area (Å²) in [7, 11) is 0. The molecule has 3 heterocycles. The highest BCUT2D eigenvalue weighted by atomic mass is 16.7. The van der Waals surface area contributed by atoms with Gasteiger partial charge in [0, 0.05) is 38.3 Å². The molecule has 0 amide bonds. The van der Waals surface area contributed by atoms with Crippen LogP contribution in [0.25, 0.3) is 0 Å². The highest BCUT2D eigenvalue weighted by Crippen LogP contribution is 2.33. The maximum Gasteiger partial charge on any atom is 0.231 e. The molecule has 2 unspecified atom stereocenters. The Kier molecular flexibility index (Phi) is 5.15. The molecule has 1 aromatic rings. The molecule has 3 aliphatic heterocycles. The van der Waals surface area contributed by atoms with Gasteiger partial charge in [0.15, 0.2) is 11.5 Å². The number of hydrogen-bond donors (Lipinski definition) is 1. The lowest BCUT2D eigenvalue weighted by atomic mass is 9.97. The van der Waals surface area contributed by atoms with Crippen molar-refractivity contribution in [3.63, 3.8) is 0 Å². The Hall–Kier alpha value is -1.30. The summed E-state index contributed by atoms with van der Waals surface area (Å²) in [4.78, 5) is 5.28. The van der Waals surface area contributed by atoms with Crippen molar-refractivity contribution in [2.75, 3.05) is 39.6 Å². The average molecular weight is 346 g/mol. The number of piperazine rings is 1. The topological polar surface area (TPSA) is 45.2 Å². The lowest BCUT2D eigenvalue weighted by molar-refractivity contribution is 0.0300. The number of ether oxygens (including phenoxy) is 2. The zero-order valence-corrected chi connectivity index (χ0v) is 15.2. The minimum Gasteiger partial charge on any atom is -0.454 e. The van der Waals surface area contributed by atoms with E-state index in [1.54, 1.807) is 0 Å². The second-order valence-corrected chi connectivity index (χ2v) is 7.91. The molecular formula is C20H30N2O3. The predicted octanol–water partition coefficient (Wildman–Crippen LogP) is 2.12. The maximum absolute atomic E-state index is 9.46. The molecule has 2 fully saturated rings. The standard InChI is InChI=1S/C20H30N2O3/c1-15(9-16-4-5-19-20(10-16)25-14-24-19)11-22-13-17-3-2-7-21(17)12-18(22)6-8-23/h4-5,10,15,17-18,23H,2-3,6-9,11-14H2,1H3/t15?,17?,18-/m0/s1. The van der Waals surface area contributed by atoms with Crippen LogP contribution in [0.4, 0.5) is 0 Å². The molecule has 0 radical (unpaired) electrons. The van der Waals surface area contributed by atoms with Gasteiger partial charge in [-0.2, -0.15) is 0 Å². The smallest absolute Gasteiger partial charge is 0.231 e. The zero-order chi connectivity index (χ0) is 17.2. The molecule has 4 rings (SSSR count). The second kappa shape index (κ2) is 7.52. The Balaban J connectivity index is 1.37. The molecule has 2 saturated heterocycles. The Bertz CT molecular complexity index is 594. The van der Waals surface area contributed by atoms with Crippen molar-refractivity contribution in [1.82, 2.24) is 9.80 Å². The summed E-state index contributed by atoms with van der Waals surface area (Å²) in [6.07, 6.45) is 4.60. The molecule has 25 heavy (non-hydrogen) atoms. The van der Waals surface area contributed by atoms with Crippen LogP contribution in [-0.4, -0.2) is 66.6 Å². The summed E-state index contributed by atoms with van der Waals surface area (Å²) in [6, 6.07) is 7.53. The van der Waals surface area contributed by atoms with Crippen molar-refractivity contribution < 1.29 is 14.6 Å². The third-order valence-corrected chi connectivity index (χ3v) is 5.94. The molecule has 1 aromatic carbocycles. The van der Waals surface area contributed by atoms with Crippen molar-refractivity contribution in [3.8, 4) is 11.5 Å². The van der Waals surface area contributed by atoms with Gasteiger partial charge < -0.3 is 14.6 Å². The molecular weight excluding hydrogens is 316 g/mol. The van der Waals surface area contributed by atoms with Gasteiger partial charge in [0.1, 0.15) is 0 Å². The maximum atomic E-state index is 9.46. The molecule has 0 bridgehead atoms. The average Bonchev–Trinajstić information content (AvgIpc) is 3.23. The molecule has 0 saturated carbocycles. The van der Waals surface area contributed by atoms with Crippen molar-refractivity contribution in [2.45, 2.75) is 44.7 Å². The van der Waals surface area contributed by atoms with Crippen molar-refractivity contribution >= 4 is 0 Å². The first-order valence-corrected chi connectivity index (χ1v) is 9.70. The van der Waals surface area contributed by atoms with E-state index in [2.05, 4.69) is 28.9 Å². The fraction of sp³-hybridized carbons (Fsp3) is 0.700. The van der Waals surface area contributed by atoms with Crippen LogP contribution in [0.3, 0.4) is 0 Å². The van der Waals surface area contributed by atoms with Crippen LogP contribution >= 0.6 is 0 Å². The van der Waals surface area contributed by atoms with E-state index in [4.69, 9.17) is 9.47 Å².